The van der Waals surface area contributed by atoms with Gasteiger partial charge in [-0.3, -0.25) is 0 Å². The number of anilines is 1. The summed E-state index contributed by atoms with van der Waals surface area (Å²) < 4.78 is 0. The molecular formula is C14H13Cl2N. The molecule has 1 nitrogen and oxygen atoms in total. The summed E-state index contributed by atoms with van der Waals surface area (Å²) in [6.45, 7) is 2.79. The topological polar surface area (TPSA) is 12.0 Å². The molecule has 2 aromatic carbocycles. The molecule has 1 N–H and O–H groups in total. The van der Waals surface area contributed by atoms with Gasteiger partial charge in [-0.1, -0.05) is 59.1 Å². The minimum absolute atomic E-state index is 0.644. The summed E-state index contributed by atoms with van der Waals surface area (Å²) in [6.07, 6.45) is 0. The van der Waals surface area contributed by atoms with Crippen molar-refractivity contribution in [2.75, 3.05) is 5.32 Å². The van der Waals surface area contributed by atoms with E-state index in [0.717, 1.165) is 5.69 Å². The first-order valence-electron chi connectivity index (χ1n) is 5.40. The largest absolute Gasteiger partial charge is 0.379 e. The highest BCUT2D eigenvalue weighted by atomic mass is 35.5. The summed E-state index contributed by atoms with van der Waals surface area (Å²) in [4.78, 5) is 0. The predicted octanol–water partition coefficient (Wildman–Crippen LogP) is 4.91. The van der Waals surface area contributed by atoms with Gasteiger partial charge in [0.15, 0.2) is 0 Å². The first-order valence-corrected chi connectivity index (χ1v) is 6.16. The number of hydrogen-bond donors (Lipinski definition) is 1. The van der Waals surface area contributed by atoms with Crippen LogP contribution in [0.15, 0.2) is 42.5 Å². The van der Waals surface area contributed by atoms with E-state index in [1.54, 1.807) is 0 Å². The number of nitrogens with one attached hydrogen (secondary N) is 1. The summed E-state index contributed by atoms with van der Waals surface area (Å²) in [5.74, 6) is 0. The fraction of sp³-hybridized carbons (Fsp3) is 0.143. The quantitative estimate of drug-likeness (QED) is 0.831. The van der Waals surface area contributed by atoms with Crippen molar-refractivity contribution < 1.29 is 0 Å². The van der Waals surface area contributed by atoms with Gasteiger partial charge in [0.1, 0.15) is 0 Å². The second-order valence-electron chi connectivity index (χ2n) is 3.94. The van der Waals surface area contributed by atoms with Crippen LogP contribution in [0.5, 0.6) is 0 Å². The van der Waals surface area contributed by atoms with E-state index in [-0.39, 0.29) is 0 Å². The number of halogens is 2. The zero-order chi connectivity index (χ0) is 12.3. The third-order valence-corrected chi connectivity index (χ3v) is 3.14. The Morgan fingerprint density at radius 3 is 2.29 bits per heavy atom. The molecule has 0 saturated heterocycles. The monoisotopic (exact) mass is 265 g/mol. The summed E-state index contributed by atoms with van der Waals surface area (Å²) in [5.41, 5.74) is 3.24. The van der Waals surface area contributed by atoms with Gasteiger partial charge in [-0.25, -0.2) is 0 Å². The molecule has 0 radical (unpaired) electrons. The van der Waals surface area contributed by atoms with E-state index < -0.39 is 0 Å². The third-order valence-electron chi connectivity index (χ3n) is 2.51. The Bertz CT molecular complexity index is 503. The summed E-state index contributed by atoms with van der Waals surface area (Å²) in [7, 11) is 0. The van der Waals surface area contributed by atoms with E-state index in [9.17, 15) is 0 Å². The molecule has 0 aliphatic heterocycles. The minimum atomic E-state index is 0.644. The van der Waals surface area contributed by atoms with E-state index in [2.05, 4.69) is 30.4 Å². The normalized spacial score (nSPS) is 10.3. The lowest BCUT2D eigenvalue weighted by Gasteiger charge is -2.10. The van der Waals surface area contributed by atoms with Crippen LogP contribution in [0.25, 0.3) is 0 Å². The average Bonchev–Trinajstić information content (AvgIpc) is 2.28. The van der Waals surface area contributed by atoms with Crippen molar-refractivity contribution in [2.24, 2.45) is 0 Å². The van der Waals surface area contributed by atoms with E-state index in [0.29, 0.717) is 16.6 Å². The van der Waals surface area contributed by atoms with Gasteiger partial charge in [0, 0.05) is 6.54 Å². The Morgan fingerprint density at radius 2 is 1.65 bits per heavy atom. The van der Waals surface area contributed by atoms with Crippen molar-refractivity contribution in [1.82, 2.24) is 0 Å². The maximum absolute atomic E-state index is 6.08. The first-order chi connectivity index (χ1) is 8.16. The number of hydrogen-bond acceptors (Lipinski definition) is 1. The van der Waals surface area contributed by atoms with Crippen LogP contribution in [0, 0.1) is 6.92 Å². The van der Waals surface area contributed by atoms with Crippen LogP contribution in [-0.2, 0) is 6.54 Å². The summed E-state index contributed by atoms with van der Waals surface area (Å²) >= 11 is 12.2. The molecule has 88 valence electrons. The zero-order valence-electron chi connectivity index (χ0n) is 9.50. The molecule has 0 saturated carbocycles. The van der Waals surface area contributed by atoms with Crippen LogP contribution in [0.2, 0.25) is 10.0 Å². The minimum Gasteiger partial charge on any atom is -0.379 e. The maximum atomic E-state index is 6.08. The highest BCUT2D eigenvalue weighted by Gasteiger charge is 2.04. The number of para-hydroxylation sites is 1. The van der Waals surface area contributed by atoms with E-state index in [1.165, 1.54) is 11.1 Å². The van der Waals surface area contributed by atoms with Gasteiger partial charge in [-0.2, -0.15) is 0 Å². The highest BCUT2D eigenvalue weighted by molar-refractivity contribution is 6.39. The van der Waals surface area contributed by atoms with E-state index >= 15 is 0 Å². The zero-order valence-corrected chi connectivity index (χ0v) is 11.0. The van der Waals surface area contributed by atoms with Crippen LogP contribution in [-0.4, -0.2) is 0 Å². The molecule has 0 aromatic heterocycles. The van der Waals surface area contributed by atoms with Gasteiger partial charge in [0.05, 0.1) is 15.7 Å². The molecule has 0 atom stereocenters. The van der Waals surface area contributed by atoms with Gasteiger partial charge in [0.2, 0.25) is 0 Å². The van der Waals surface area contributed by atoms with Gasteiger partial charge in [0.25, 0.3) is 0 Å². The van der Waals surface area contributed by atoms with Crippen molar-refractivity contribution in [2.45, 2.75) is 13.5 Å². The lowest BCUT2D eigenvalue weighted by molar-refractivity contribution is 1.14. The van der Waals surface area contributed by atoms with Crippen molar-refractivity contribution in [3.05, 3.63) is 63.6 Å². The number of rotatable bonds is 3. The molecule has 0 aliphatic carbocycles. The van der Waals surface area contributed by atoms with E-state index in [1.807, 2.05) is 24.3 Å². The molecule has 2 rings (SSSR count). The molecule has 0 fully saturated rings. The van der Waals surface area contributed by atoms with Crippen molar-refractivity contribution >= 4 is 28.9 Å². The summed E-state index contributed by atoms with van der Waals surface area (Å²) in [5, 5.41) is 4.55. The van der Waals surface area contributed by atoms with Crippen LogP contribution >= 0.6 is 23.2 Å². The van der Waals surface area contributed by atoms with Gasteiger partial charge in [-0.15, -0.1) is 0 Å². The second-order valence-corrected chi connectivity index (χ2v) is 4.75. The van der Waals surface area contributed by atoms with Gasteiger partial charge < -0.3 is 5.32 Å². The summed E-state index contributed by atoms with van der Waals surface area (Å²) in [6, 6.07) is 13.8. The number of aryl methyl sites for hydroxylation is 1. The Morgan fingerprint density at radius 1 is 1.00 bits per heavy atom. The Balaban J connectivity index is 2.13. The molecule has 0 spiro atoms. The van der Waals surface area contributed by atoms with Crippen LogP contribution in [0.3, 0.4) is 0 Å². The Kier molecular flexibility index (Phi) is 3.93. The van der Waals surface area contributed by atoms with Gasteiger partial charge in [-0.05, 0) is 24.6 Å². The highest BCUT2D eigenvalue weighted by Crippen LogP contribution is 2.30. The number of benzene rings is 2. The molecule has 17 heavy (non-hydrogen) atoms. The SMILES string of the molecule is Cc1cccc(CNc2c(Cl)cccc2Cl)c1. The average molecular weight is 266 g/mol. The molecular weight excluding hydrogens is 253 g/mol. The predicted molar refractivity (Wildman–Crippen MR) is 75.0 cm³/mol. The second kappa shape index (κ2) is 5.44. The lowest BCUT2D eigenvalue weighted by Crippen LogP contribution is -2.00. The molecule has 0 heterocycles. The molecule has 0 bridgehead atoms. The molecule has 0 aliphatic rings. The Labute approximate surface area is 111 Å². The fourth-order valence-corrected chi connectivity index (χ4v) is 2.21. The smallest absolute Gasteiger partial charge is 0.0721 e. The van der Waals surface area contributed by atoms with Gasteiger partial charge >= 0.3 is 0 Å². The van der Waals surface area contributed by atoms with Crippen LogP contribution in [0.1, 0.15) is 11.1 Å². The van der Waals surface area contributed by atoms with Crippen molar-refractivity contribution in [1.29, 1.82) is 0 Å². The third kappa shape index (κ3) is 3.15. The molecule has 0 amide bonds. The van der Waals surface area contributed by atoms with Crippen LogP contribution in [0.4, 0.5) is 5.69 Å². The maximum Gasteiger partial charge on any atom is 0.0721 e. The van der Waals surface area contributed by atoms with Crippen LogP contribution < -0.4 is 5.32 Å². The fourth-order valence-electron chi connectivity index (χ4n) is 1.68. The van der Waals surface area contributed by atoms with E-state index in [4.69, 9.17) is 23.2 Å². The first kappa shape index (κ1) is 12.3. The Hall–Kier alpha value is -1.18. The van der Waals surface area contributed by atoms with Crippen molar-refractivity contribution in [3.63, 3.8) is 0 Å². The molecule has 3 heteroatoms. The lowest BCUT2D eigenvalue weighted by atomic mass is 10.1. The standard InChI is InChI=1S/C14H13Cl2N/c1-10-4-2-5-11(8-10)9-17-14-12(15)6-3-7-13(14)16/h2-8,17H,9H2,1H3. The molecule has 0 unspecified atom stereocenters. The van der Waals surface area contributed by atoms with Crippen molar-refractivity contribution in [3.8, 4) is 0 Å². The molecule has 2 aromatic rings.